The van der Waals surface area contributed by atoms with Gasteiger partial charge < -0.3 is 10.4 Å². The molecule has 122 valence electrons. The highest BCUT2D eigenvalue weighted by Crippen LogP contribution is 2.36. The highest BCUT2D eigenvalue weighted by Gasteiger charge is 2.21. The molecule has 2 N–H and O–H groups in total. The van der Waals surface area contributed by atoms with Crippen LogP contribution in [0.25, 0.3) is 10.9 Å². The molecule has 1 atom stereocenters. The van der Waals surface area contributed by atoms with Crippen LogP contribution >= 0.6 is 0 Å². The molecule has 4 heteroatoms. The Bertz CT molecular complexity index is 988. The van der Waals surface area contributed by atoms with Gasteiger partial charge in [0.1, 0.15) is 11.6 Å². The van der Waals surface area contributed by atoms with Gasteiger partial charge in [0.2, 0.25) is 0 Å². The molecule has 4 nitrogen and oxygen atoms in total. The number of pyridine rings is 2. The fourth-order valence-corrected chi connectivity index (χ4v) is 3.03. The molecule has 2 aromatic heterocycles. The van der Waals surface area contributed by atoms with Crippen LogP contribution in [0.3, 0.4) is 0 Å². The third kappa shape index (κ3) is 3.02. The van der Waals surface area contributed by atoms with Crippen molar-refractivity contribution in [2.75, 3.05) is 5.32 Å². The van der Waals surface area contributed by atoms with Crippen molar-refractivity contribution in [1.82, 2.24) is 9.97 Å². The molecule has 0 aliphatic heterocycles. The first-order valence-corrected chi connectivity index (χ1v) is 8.12. The van der Waals surface area contributed by atoms with E-state index in [9.17, 15) is 5.11 Å². The number of fused-ring (bicyclic) bond motifs is 1. The zero-order chi connectivity index (χ0) is 17.1. The van der Waals surface area contributed by atoms with Gasteiger partial charge in [0.25, 0.3) is 0 Å². The van der Waals surface area contributed by atoms with E-state index in [1.165, 1.54) is 0 Å². The minimum Gasteiger partial charge on any atom is -0.508 e. The Morgan fingerprint density at radius 1 is 0.760 bits per heavy atom. The smallest absolute Gasteiger partial charge is 0.126 e. The summed E-state index contributed by atoms with van der Waals surface area (Å²) in [6.07, 6.45) is 3.50. The van der Waals surface area contributed by atoms with Crippen molar-refractivity contribution in [2.45, 2.75) is 6.04 Å². The molecule has 0 saturated heterocycles. The monoisotopic (exact) mass is 327 g/mol. The lowest BCUT2D eigenvalue weighted by Gasteiger charge is -2.22. The van der Waals surface area contributed by atoms with E-state index in [1.54, 1.807) is 18.5 Å². The van der Waals surface area contributed by atoms with Gasteiger partial charge in [-0.2, -0.15) is 0 Å². The standard InChI is InChI=1S/C21H17N3O/c25-18-12-11-17-16(9-6-14-22-17)20(18)21(15-7-2-1-3-8-15)24-19-10-4-5-13-23-19/h1-14,21,25H,(H,23,24). The number of aromatic hydroxyl groups is 1. The maximum Gasteiger partial charge on any atom is 0.126 e. The van der Waals surface area contributed by atoms with E-state index in [-0.39, 0.29) is 11.8 Å². The largest absolute Gasteiger partial charge is 0.508 e. The van der Waals surface area contributed by atoms with Gasteiger partial charge in [-0.1, -0.05) is 42.5 Å². The van der Waals surface area contributed by atoms with Crippen molar-refractivity contribution in [3.63, 3.8) is 0 Å². The van der Waals surface area contributed by atoms with Crippen molar-refractivity contribution in [1.29, 1.82) is 0 Å². The fraction of sp³-hybridized carbons (Fsp3) is 0.0476. The minimum absolute atomic E-state index is 0.234. The maximum atomic E-state index is 10.6. The van der Waals surface area contributed by atoms with Gasteiger partial charge in [-0.05, 0) is 35.9 Å². The normalized spacial score (nSPS) is 12.0. The van der Waals surface area contributed by atoms with Gasteiger partial charge in [-0.25, -0.2) is 4.98 Å². The molecule has 0 aliphatic carbocycles. The van der Waals surface area contributed by atoms with Gasteiger partial charge in [-0.15, -0.1) is 0 Å². The topological polar surface area (TPSA) is 58.0 Å². The van der Waals surface area contributed by atoms with E-state index >= 15 is 0 Å². The van der Waals surface area contributed by atoms with E-state index < -0.39 is 0 Å². The molecule has 0 fully saturated rings. The zero-order valence-corrected chi connectivity index (χ0v) is 13.5. The average molecular weight is 327 g/mol. The molecule has 0 saturated carbocycles. The number of phenols is 1. The summed E-state index contributed by atoms with van der Waals surface area (Å²) in [6, 6.07) is 22.9. The molecule has 0 aliphatic rings. The van der Waals surface area contributed by atoms with Gasteiger partial charge in [0.05, 0.1) is 11.6 Å². The maximum absolute atomic E-state index is 10.6. The van der Waals surface area contributed by atoms with Crippen LogP contribution in [0.4, 0.5) is 5.82 Å². The summed E-state index contributed by atoms with van der Waals surface area (Å²) >= 11 is 0. The predicted molar refractivity (Wildman–Crippen MR) is 99.6 cm³/mol. The van der Waals surface area contributed by atoms with Crippen molar-refractivity contribution >= 4 is 16.7 Å². The molecule has 0 bridgehead atoms. The number of benzene rings is 2. The summed E-state index contributed by atoms with van der Waals surface area (Å²) in [5, 5.41) is 15.0. The Morgan fingerprint density at radius 2 is 1.56 bits per heavy atom. The van der Waals surface area contributed by atoms with Crippen molar-refractivity contribution in [3.05, 3.63) is 96.3 Å². The lowest BCUT2D eigenvalue weighted by molar-refractivity contribution is 0.468. The summed E-state index contributed by atoms with van der Waals surface area (Å²) in [6.45, 7) is 0. The lowest BCUT2D eigenvalue weighted by atomic mass is 9.94. The second kappa shape index (κ2) is 6.61. The number of rotatable bonds is 4. The highest BCUT2D eigenvalue weighted by atomic mass is 16.3. The van der Waals surface area contributed by atoms with Crippen LogP contribution in [0.1, 0.15) is 17.2 Å². The number of hydrogen-bond donors (Lipinski definition) is 2. The van der Waals surface area contributed by atoms with E-state index in [0.29, 0.717) is 0 Å². The first-order chi connectivity index (χ1) is 12.3. The van der Waals surface area contributed by atoms with E-state index in [4.69, 9.17) is 0 Å². The third-order valence-corrected chi connectivity index (χ3v) is 4.18. The number of phenolic OH excluding ortho intramolecular Hbond substituents is 1. The van der Waals surface area contributed by atoms with E-state index in [0.717, 1.165) is 27.8 Å². The highest BCUT2D eigenvalue weighted by molar-refractivity contribution is 5.86. The minimum atomic E-state index is -0.246. The summed E-state index contributed by atoms with van der Waals surface area (Å²) in [5.74, 6) is 0.981. The molecule has 4 rings (SSSR count). The lowest BCUT2D eigenvalue weighted by Crippen LogP contribution is -2.14. The predicted octanol–water partition coefficient (Wildman–Crippen LogP) is 4.54. The van der Waals surface area contributed by atoms with Gasteiger partial charge in [0.15, 0.2) is 0 Å². The summed E-state index contributed by atoms with van der Waals surface area (Å²) < 4.78 is 0. The van der Waals surface area contributed by atoms with Crippen LogP contribution in [0.15, 0.2) is 85.2 Å². The third-order valence-electron chi connectivity index (χ3n) is 4.18. The molecule has 0 spiro atoms. The van der Waals surface area contributed by atoms with Crippen molar-refractivity contribution in [3.8, 4) is 5.75 Å². The molecule has 2 heterocycles. The Morgan fingerprint density at radius 3 is 2.36 bits per heavy atom. The summed E-state index contributed by atoms with van der Waals surface area (Å²) in [5.41, 5.74) is 2.68. The molecule has 1 unspecified atom stereocenters. The van der Waals surface area contributed by atoms with Gasteiger partial charge in [0, 0.05) is 23.3 Å². The molecular weight excluding hydrogens is 310 g/mol. The average Bonchev–Trinajstić information content (AvgIpc) is 2.68. The summed E-state index contributed by atoms with van der Waals surface area (Å²) in [7, 11) is 0. The van der Waals surface area contributed by atoms with Crippen LogP contribution in [0.5, 0.6) is 5.75 Å². The van der Waals surface area contributed by atoms with Gasteiger partial charge >= 0.3 is 0 Å². The number of hydrogen-bond acceptors (Lipinski definition) is 4. The number of aromatic nitrogens is 2. The second-order valence-electron chi connectivity index (χ2n) is 5.77. The van der Waals surface area contributed by atoms with Crippen molar-refractivity contribution in [2.24, 2.45) is 0 Å². The van der Waals surface area contributed by atoms with Crippen LogP contribution < -0.4 is 5.32 Å². The van der Waals surface area contributed by atoms with Crippen LogP contribution in [-0.2, 0) is 0 Å². The van der Waals surface area contributed by atoms with Crippen LogP contribution in [0, 0.1) is 0 Å². The fourth-order valence-electron chi connectivity index (χ4n) is 3.03. The van der Waals surface area contributed by atoms with E-state index in [2.05, 4.69) is 15.3 Å². The van der Waals surface area contributed by atoms with E-state index in [1.807, 2.05) is 66.7 Å². The van der Waals surface area contributed by atoms with Crippen molar-refractivity contribution < 1.29 is 5.11 Å². The number of nitrogens with zero attached hydrogens (tertiary/aromatic N) is 2. The zero-order valence-electron chi connectivity index (χ0n) is 13.5. The van der Waals surface area contributed by atoms with Gasteiger partial charge in [-0.3, -0.25) is 4.98 Å². The molecular formula is C21H17N3O. The quantitative estimate of drug-likeness (QED) is 0.578. The Balaban J connectivity index is 1.91. The molecule has 0 amide bonds. The molecule has 0 radical (unpaired) electrons. The Labute approximate surface area is 145 Å². The second-order valence-corrected chi connectivity index (χ2v) is 5.77. The first-order valence-electron chi connectivity index (χ1n) is 8.12. The van der Waals surface area contributed by atoms with Crippen LogP contribution in [0.2, 0.25) is 0 Å². The number of anilines is 1. The number of nitrogens with one attached hydrogen (secondary N) is 1. The Kier molecular flexibility index (Phi) is 4.01. The summed E-state index contributed by atoms with van der Waals surface area (Å²) in [4.78, 5) is 8.78. The van der Waals surface area contributed by atoms with Crippen LogP contribution in [-0.4, -0.2) is 15.1 Å². The molecule has 4 aromatic rings. The SMILES string of the molecule is Oc1ccc2ncccc2c1C(Nc1ccccn1)c1ccccc1. The molecule has 25 heavy (non-hydrogen) atoms. The first kappa shape index (κ1) is 15.1. The Hall–Kier alpha value is -3.40. The molecule has 2 aromatic carbocycles.